The van der Waals surface area contributed by atoms with Gasteiger partial charge in [-0.1, -0.05) is 42.5 Å². The van der Waals surface area contributed by atoms with Gasteiger partial charge in [0.1, 0.15) is 30.3 Å². The minimum atomic E-state index is -0.701. The molecule has 0 saturated carbocycles. The number of imidazole rings is 1. The molecule has 31 heavy (non-hydrogen) atoms. The highest BCUT2D eigenvalue weighted by Gasteiger charge is 2.15. The van der Waals surface area contributed by atoms with E-state index in [2.05, 4.69) is 45.4 Å². The van der Waals surface area contributed by atoms with Crippen molar-refractivity contribution in [2.45, 2.75) is 40.0 Å². The van der Waals surface area contributed by atoms with E-state index >= 15 is 0 Å². The first-order valence-electron chi connectivity index (χ1n) is 10.3. The van der Waals surface area contributed by atoms with Gasteiger partial charge in [-0.15, -0.1) is 0 Å². The molecule has 0 aliphatic heterocycles. The Morgan fingerprint density at radius 3 is 2.58 bits per heavy atom. The molecule has 1 atom stereocenters. The average molecular weight is 418 g/mol. The van der Waals surface area contributed by atoms with Crippen molar-refractivity contribution >= 4 is 17.0 Å². The molecule has 0 saturated heterocycles. The second kappa shape index (κ2) is 9.14. The first kappa shape index (κ1) is 20.8. The SMILES string of the molecule is Cc1ccc(C)c(OCC(O)Cn2cnc3c(NCc4ccccc4)ncnc32)c1C. The maximum absolute atomic E-state index is 10.6. The number of nitrogens with one attached hydrogen (secondary N) is 1. The van der Waals surface area contributed by atoms with Crippen molar-refractivity contribution in [2.24, 2.45) is 0 Å². The molecule has 4 rings (SSSR count). The molecule has 0 bridgehead atoms. The van der Waals surface area contributed by atoms with Crippen LogP contribution >= 0.6 is 0 Å². The molecule has 2 aromatic heterocycles. The van der Waals surface area contributed by atoms with Crippen LogP contribution in [0.4, 0.5) is 5.82 Å². The average Bonchev–Trinajstić information content (AvgIpc) is 3.19. The number of hydrogen-bond donors (Lipinski definition) is 2. The Balaban J connectivity index is 1.43. The van der Waals surface area contributed by atoms with Crippen LogP contribution in [0.1, 0.15) is 22.3 Å². The van der Waals surface area contributed by atoms with Crippen molar-refractivity contribution in [1.29, 1.82) is 0 Å². The first-order valence-corrected chi connectivity index (χ1v) is 10.3. The molecule has 160 valence electrons. The minimum Gasteiger partial charge on any atom is -0.490 e. The number of ether oxygens (including phenoxy) is 1. The molecule has 7 heteroatoms. The molecule has 0 amide bonds. The molecule has 7 nitrogen and oxygen atoms in total. The number of aryl methyl sites for hydroxylation is 2. The van der Waals surface area contributed by atoms with Gasteiger partial charge in [-0.05, 0) is 43.0 Å². The Hall–Kier alpha value is -3.45. The van der Waals surface area contributed by atoms with Crippen LogP contribution in [0.5, 0.6) is 5.75 Å². The van der Waals surface area contributed by atoms with Crippen molar-refractivity contribution in [1.82, 2.24) is 19.5 Å². The fourth-order valence-electron chi connectivity index (χ4n) is 3.53. The second-order valence-electron chi connectivity index (χ2n) is 7.75. The summed E-state index contributed by atoms with van der Waals surface area (Å²) in [5.74, 6) is 1.51. The van der Waals surface area contributed by atoms with Gasteiger partial charge in [0, 0.05) is 6.54 Å². The van der Waals surface area contributed by atoms with Gasteiger partial charge in [-0.2, -0.15) is 0 Å². The van der Waals surface area contributed by atoms with Crippen molar-refractivity contribution in [3.63, 3.8) is 0 Å². The number of aromatic nitrogens is 4. The quantitative estimate of drug-likeness (QED) is 0.454. The zero-order chi connectivity index (χ0) is 21.8. The number of nitrogens with zero attached hydrogens (tertiary/aromatic N) is 4. The predicted octanol–water partition coefficient (Wildman–Crippen LogP) is 3.80. The van der Waals surface area contributed by atoms with Crippen molar-refractivity contribution < 1.29 is 9.84 Å². The fraction of sp³-hybridized carbons (Fsp3) is 0.292. The Bertz CT molecular complexity index is 1170. The summed E-state index contributed by atoms with van der Waals surface area (Å²) in [5.41, 5.74) is 5.84. The van der Waals surface area contributed by atoms with E-state index < -0.39 is 6.10 Å². The number of benzene rings is 2. The highest BCUT2D eigenvalue weighted by molar-refractivity contribution is 5.82. The molecule has 2 heterocycles. The third-order valence-electron chi connectivity index (χ3n) is 5.41. The van der Waals surface area contributed by atoms with Crippen LogP contribution in [0.3, 0.4) is 0 Å². The summed E-state index contributed by atoms with van der Waals surface area (Å²) in [4.78, 5) is 13.2. The van der Waals surface area contributed by atoms with E-state index in [-0.39, 0.29) is 6.61 Å². The molecule has 0 radical (unpaired) electrons. The van der Waals surface area contributed by atoms with Gasteiger partial charge < -0.3 is 19.7 Å². The van der Waals surface area contributed by atoms with Crippen molar-refractivity contribution in [3.8, 4) is 5.75 Å². The molecule has 4 aromatic rings. The van der Waals surface area contributed by atoms with E-state index in [0.29, 0.717) is 30.1 Å². The van der Waals surface area contributed by atoms with Gasteiger partial charge in [-0.25, -0.2) is 15.0 Å². The summed E-state index contributed by atoms with van der Waals surface area (Å²) in [5, 5.41) is 13.9. The Labute approximate surface area is 181 Å². The normalized spacial score (nSPS) is 12.1. The van der Waals surface area contributed by atoms with Gasteiger partial charge in [0.25, 0.3) is 0 Å². The van der Waals surface area contributed by atoms with Gasteiger partial charge in [0.2, 0.25) is 0 Å². The van der Waals surface area contributed by atoms with Crippen molar-refractivity contribution in [2.75, 3.05) is 11.9 Å². The van der Waals surface area contributed by atoms with Crippen LogP contribution in [-0.2, 0) is 13.1 Å². The van der Waals surface area contributed by atoms with Gasteiger partial charge in [0.05, 0.1) is 12.9 Å². The van der Waals surface area contributed by atoms with Gasteiger partial charge in [0.15, 0.2) is 11.5 Å². The first-order chi connectivity index (χ1) is 15.0. The van der Waals surface area contributed by atoms with E-state index in [9.17, 15) is 5.11 Å². The summed E-state index contributed by atoms with van der Waals surface area (Å²) in [6, 6.07) is 14.2. The van der Waals surface area contributed by atoms with Crippen LogP contribution < -0.4 is 10.1 Å². The zero-order valence-corrected chi connectivity index (χ0v) is 18.0. The Kier molecular flexibility index (Phi) is 6.13. The van der Waals surface area contributed by atoms with Crippen LogP contribution in [0.25, 0.3) is 11.2 Å². The summed E-state index contributed by atoms with van der Waals surface area (Å²) < 4.78 is 7.78. The van der Waals surface area contributed by atoms with Crippen LogP contribution in [0.15, 0.2) is 55.1 Å². The topological polar surface area (TPSA) is 85.1 Å². The molecule has 0 spiro atoms. The molecular weight excluding hydrogens is 390 g/mol. The predicted molar refractivity (Wildman–Crippen MR) is 121 cm³/mol. The number of aliphatic hydroxyl groups excluding tert-OH is 1. The number of rotatable bonds is 8. The van der Waals surface area contributed by atoms with Gasteiger partial charge >= 0.3 is 0 Å². The number of hydrogen-bond acceptors (Lipinski definition) is 6. The molecule has 2 N–H and O–H groups in total. The number of fused-ring (bicyclic) bond motifs is 1. The molecule has 0 aliphatic rings. The number of anilines is 1. The molecule has 0 aliphatic carbocycles. The standard InChI is InChI=1S/C24H27N5O2/c1-16-9-10-17(2)22(18(16)3)31-13-20(30)12-29-15-28-21-23(26-14-27-24(21)29)25-11-19-7-5-4-6-8-19/h4-10,14-15,20,30H,11-13H2,1-3H3,(H,25,26,27). The fourth-order valence-corrected chi connectivity index (χ4v) is 3.53. The highest BCUT2D eigenvalue weighted by atomic mass is 16.5. The van der Waals surface area contributed by atoms with E-state index in [1.165, 1.54) is 11.9 Å². The molecular formula is C24H27N5O2. The monoisotopic (exact) mass is 417 g/mol. The van der Waals surface area contributed by atoms with Gasteiger partial charge in [-0.3, -0.25) is 0 Å². The maximum atomic E-state index is 10.6. The molecule has 1 unspecified atom stereocenters. The van der Waals surface area contributed by atoms with Crippen LogP contribution in [0.2, 0.25) is 0 Å². The Morgan fingerprint density at radius 2 is 1.77 bits per heavy atom. The summed E-state index contributed by atoms with van der Waals surface area (Å²) in [7, 11) is 0. The van der Waals surface area contributed by atoms with E-state index in [1.54, 1.807) is 6.33 Å². The lowest BCUT2D eigenvalue weighted by molar-refractivity contribution is 0.0926. The third kappa shape index (κ3) is 4.67. The lowest BCUT2D eigenvalue weighted by Crippen LogP contribution is -2.24. The minimum absolute atomic E-state index is 0.189. The van der Waals surface area contributed by atoms with Crippen LogP contribution in [-0.4, -0.2) is 37.3 Å². The summed E-state index contributed by atoms with van der Waals surface area (Å²) in [6.45, 7) is 7.27. The van der Waals surface area contributed by atoms with E-state index in [0.717, 1.165) is 22.4 Å². The smallest absolute Gasteiger partial charge is 0.165 e. The third-order valence-corrected chi connectivity index (χ3v) is 5.41. The second-order valence-corrected chi connectivity index (χ2v) is 7.75. The Morgan fingerprint density at radius 1 is 1.00 bits per heavy atom. The number of aliphatic hydroxyl groups is 1. The lowest BCUT2D eigenvalue weighted by Gasteiger charge is -2.17. The lowest BCUT2D eigenvalue weighted by atomic mass is 10.1. The van der Waals surface area contributed by atoms with E-state index in [4.69, 9.17) is 4.74 Å². The zero-order valence-electron chi connectivity index (χ0n) is 18.0. The summed E-state index contributed by atoms with van der Waals surface area (Å²) in [6.07, 6.45) is 2.49. The molecule has 0 fully saturated rings. The molecule has 2 aromatic carbocycles. The van der Waals surface area contributed by atoms with Crippen molar-refractivity contribution in [3.05, 3.63) is 77.4 Å². The summed E-state index contributed by atoms with van der Waals surface area (Å²) >= 11 is 0. The van der Waals surface area contributed by atoms with E-state index in [1.807, 2.05) is 42.7 Å². The largest absolute Gasteiger partial charge is 0.490 e. The van der Waals surface area contributed by atoms with Crippen LogP contribution in [0, 0.1) is 20.8 Å². The maximum Gasteiger partial charge on any atom is 0.165 e. The highest BCUT2D eigenvalue weighted by Crippen LogP contribution is 2.26.